The molecule has 0 spiro atoms. The number of rotatable bonds is 10. The average molecular weight is 535 g/mol. The highest BCUT2D eigenvalue weighted by atomic mass is 32.2. The number of alkyl halides is 6. The standard InChI is InChI=1S/C16H23F6NO8S2/c1-3-13(2,10-24)12(25)31-9-6-11-4-7-23(8-5-11)32(26,27)15(19,20)14(17,18)16(21,22)33(28,29)30/h6,9,11,24H,3-5,7-8,10H2,1-2H3,(H,28,29,30)/b9-6+. The van der Waals surface area contributed by atoms with E-state index in [1.165, 1.54) is 13.0 Å². The van der Waals surface area contributed by atoms with Crippen LogP contribution in [0.25, 0.3) is 0 Å². The van der Waals surface area contributed by atoms with Gasteiger partial charge in [0, 0.05) is 13.1 Å². The van der Waals surface area contributed by atoms with E-state index in [0.717, 1.165) is 6.26 Å². The molecule has 9 nitrogen and oxygen atoms in total. The third kappa shape index (κ3) is 5.31. The number of nitrogens with zero attached hydrogens (tertiary/aromatic N) is 1. The largest absolute Gasteiger partial charge is 0.439 e. The Bertz CT molecular complexity index is 955. The summed E-state index contributed by atoms with van der Waals surface area (Å²) in [6, 6.07) is 0. The molecule has 1 atom stereocenters. The van der Waals surface area contributed by atoms with Crippen molar-refractivity contribution in [3.8, 4) is 0 Å². The molecule has 0 aromatic heterocycles. The number of hydrogen-bond donors (Lipinski definition) is 2. The van der Waals surface area contributed by atoms with E-state index in [-0.39, 0.29) is 23.6 Å². The molecule has 1 aliphatic heterocycles. The second kappa shape index (κ2) is 9.67. The lowest BCUT2D eigenvalue weighted by Gasteiger charge is -2.36. The smallest absolute Gasteiger partial charge is 0.434 e. The fourth-order valence-electron chi connectivity index (χ4n) is 2.64. The fourth-order valence-corrected chi connectivity index (χ4v) is 4.62. The summed E-state index contributed by atoms with van der Waals surface area (Å²) in [4.78, 5) is 11.9. The summed E-state index contributed by atoms with van der Waals surface area (Å²) >= 11 is 0. The molecule has 0 saturated carbocycles. The Morgan fingerprint density at radius 3 is 1.94 bits per heavy atom. The SMILES string of the molecule is CCC(C)(CO)C(=O)O/C=C/C1CCN(S(=O)(=O)C(F)(F)C(F)(F)C(F)(F)S(=O)(=O)O)CC1. The van der Waals surface area contributed by atoms with E-state index >= 15 is 0 Å². The first kappa shape index (κ1) is 29.6. The summed E-state index contributed by atoms with van der Waals surface area (Å²) in [6.07, 6.45) is 1.95. The van der Waals surface area contributed by atoms with E-state index < -0.39 is 73.6 Å². The van der Waals surface area contributed by atoms with Crippen molar-refractivity contribution in [1.82, 2.24) is 4.31 Å². The highest BCUT2D eigenvalue weighted by Crippen LogP contribution is 2.51. The number of aliphatic hydroxyl groups excluding tert-OH is 1. The number of allylic oxidation sites excluding steroid dienone is 1. The monoisotopic (exact) mass is 535 g/mol. The Labute approximate surface area is 186 Å². The van der Waals surface area contributed by atoms with Crippen molar-refractivity contribution in [3.63, 3.8) is 0 Å². The van der Waals surface area contributed by atoms with Gasteiger partial charge in [-0.25, -0.2) is 8.42 Å². The summed E-state index contributed by atoms with van der Waals surface area (Å²) in [5.74, 6) is -8.33. The van der Waals surface area contributed by atoms with Gasteiger partial charge in [-0.3, -0.25) is 9.35 Å². The van der Waals surface area contributed by atoms with Crippen LogP contribution in [-0.4, -0.2) is 72.9 Å². The van der Waals surface area contributed by atoms with Crippen LogP contribution in [0.3, 0.4) is 0 Å². The van der Waals surface area contributed by atoms with E-state index in [2.05, 4.69) is 0 Å². The zero-order valence-electron chi connectivity index (χ0n) is 17.4. The quantitative estimate of drug-likeness (QED) is 0.188. The van der Waals surface area contributed by atoms with Crippen molar-refractivity contribution < 1.29 is 62.4 Å². The molecule has 17 heteroatoms. The molecule has 1 saturated heterocycles. The van der Waals surface area contributed by atoms with E-state index in [1.54, 1.807) is 6.92 Å². The lowest BCUT2D eigenvalue weighted by Crippen LogP contribution is -2.63. The van der Waals surface area contributed by atoms with Crippen LogP contribution in [0, 0.1) is 11.3 Å². The number of ether oxygens (including phenoxy) is 1. The highest BCUT2D eigenvalue weighted by Gasteiger charge is 2.82. The van der Waals surface area contributed by atoms with Crippen LogP contribution < -0.4 is 0 Å². The van der Waals surface area contributed by atoms with Crippen molar-refractivity contribution in [2.24, 2.45) is 11.3 Å². The number of carbonyl (C=O) groups excluding carboxylic acids is 1. The Balaban J connectivity index is 2.94. The van der Waals surface area contributed by atoms with Gasteiger partial charge in [0.2, 0.25) is 0 Å². The van der Waals surface area contributed by atoms with Gasteiger partial charge in [0.15, 0.2) is 0 Å². The van der Waals surface area contributed by atoms with Crippen LogP contribution in [0.1, 0.15) is 33.1 Å². The number of halogens is 6. The molecular formula is C16H23F6NO8S2. The summed E-state index contributed by atoms with van der Waals surface area (Å²) in [6.45, 7) is 0.924. The minimum atomic E-state index is -7.09. The van der Waals surface area contributed by atoms with Crippen LogP contribution in [0.2, 0.25) is 0 Å². The fraction of sp³-hybridized carbons (Fsp3) is 0.812. The Hall–Kier alpha value is -1.43. The molecule has 2 N–H and O–H groups in total. The molecule has 0 bridgehead atoms. The van der Waals surface area contributed by atoms with Gasteiger partial charge in [0.1, 0.15) is 0 Å². The predicted molar refractivity (Wildman–Crippen MR) is 100 cm³/mol. The first-order valence-corrected chi connectivity index (χ1v) is 12.2. The zero-order chi connectivity index (χ0) is 26.1. The van der Waals surface area contributed by atoms with Gasteiger partial charge in [0.05, 0.1) is 18.3 Å². The Morgan fingerprint density at radius 2 is 1.55 bits per heavy atom. The van der Waals surface area contributed by atoms with Gasteiger partial charge in [-0.05, 0) is 38.2 Å². The maximum absolute atomic E-state index is 14.0. The molecule has 1 fully saturated rings. The lowest BCUT2D eigenvalue weighted by molar-refractivity contribution is -0.246. The third-order valence-electron chi connectivity index (χ3n) is 5.37. The topological polar surface area (TPSA) is 138 Å². The van der Waals surface area contributed by atoms with Gasteiger partial charge < -0.3 is 9.84 Å². The second-order valence-electron chi connectivity index (χ2n) is 7.63. The number of esters is 1. The van der Waals surface area contributed by atoms with Crippen molar-refractivity contribution in [3.05, 3.63) is 12.3 Å². The Morgan fingerprint density at radius 1 is 1.06 bits per heavy atom. The molecule has 0 aromatic rings. The average Bonchev–Trinajstić information content (AvgIpc) is 2.72. The molecule has 1 aliphatic rings. The molecule has 0 radical (unpaired) electrons. The maximum Gasteiger partial charge on any atom is 0.439 e. The van der Waals surface area contributed by atoms with E-state index in [9.17, 15) is 53.1 Å². The van der Waals surface area contributed by atoms with Crippen LogP contribution in [0.15, 0.2) is 12.3 Å². The van der Waals surface area contributed by atoms with Crippen LogP contribution in [0.5, 0.6) is 0 Å². The molecule has 33 heavy (non-hydrogen) atoms. The first-order valence-electron chi connectivity index (χ1n) is 9.31. The second-order valence-corrected chi connectivity index (χ2v) is 11.1. The molecule has 194 valence electrons. The number of hydrogen-bond acceptors (Lipinski definition) is 7. The first-order chi connectivity index (χ1) is 14.7. The van der Waals surface area contributed by atoms with Crippen LogP contribution in [0.4, 0.5) is 26.3 Å². The molecule has 1 unspecified atom stereocenters. The summed E-state index contributed by atoms with van der Waals surface area (Å²) < 4.78 is 140. The molecular weight excluding hydrogens is 512 g/mol. The number of carbonyl (C=O) groups is 1. The van der Waals surface area contributed by atoms with Crippen molar-refractivity contribution in [2.75, 3.05) is 19.7 Å². The van der Waals surface area contributed by atoms with Gasteiger partial charge in [-0.1, -0.05) is 6.92 Å². The number of sulfonamides is 1. The normalized spacial score (nSPS) is 20.1. The highest BCUT2D eigenvalue weighted by molar-refractivity contribution is 7.90. The van der Waals surface area contributed by atoms with E-state index in [4.69, 9.17) is 9.29 Å². The molecule has 0 amide bonds. The Kier molecular flexibility index (Phi) is 8.68. The zero-order valence-corrected chi connectivity index (χ0v) is 19.0. The van der Waals surface area contributed by atoms with Gasteiger partial charge in [0.25, 0.3) is 10.0 Å². The van der Waals surface area contributed by atoms with Crippen LogP contribution in [-0.2, 0) is 29.7 Å². The van der Waals surface area contributed by atoms with Crippen LogP contribution >= 0.6 is 0 Å². The van der Waals surface area contributed by atoms with Gasteiger partial charge in [-0.15, -0.1) is 0 Å². The summed E-state index contributed by atoms with van der Waals surface area (Å²) in [5.41, 5.74) is -1.18. The van der Waals surface area contributed by atoms with E-state index in [0.29, 0.717) is 0 Å². The van der Waals surface area contributed by atoms with Crippen molar-refractivity contribution >= 4 is 26.1 Å². The third-order valence-corrected chi connectivity index (χ3v) is 8.22. The van der Waals surface area contributed by atoms with Crippen molar-refractivity contribution in [2.45, 2.75) is 49.5 Å². The van der Waals surface area contributed by atoms with Crippen molar-refractivity contribution in [1.29, 1.82) is 0 Å². The number of piperidine rings is 1. The molecule has 0 aromatic carbocycles. The summed E-state index contributed by atoms with van der Waals surface area (Å²) in [7, 11) is -13.6. The molecule has 1 rings (SSSR count). The molecule has 0 aliphatic carbocycles. The molecule has 1 heterocycles. The minimum Gasteiger partial charge on any atom is -0.434 e. The lowest BCUT2D eigenvalue weighted by atomic mass is 9.89. The van der Waals surface area contributed by atoms with Gasteiger partial charge in [-0.2, -0.15) is 39.1 Å². The van der Waals surface area contributed by atoms with E-state index in [1.807, 2.05) is 0 Å². The minimum absolute atomic E-state index is 0.197. The van der Waals surface area contributed by atoms with Gasteiger partial charge >= 0.3 is 32.5 Å². The predicted octanol–water partition coefficient (Wildman–Crippen LogP) is 2.20. The maximum atomic E-state index is 14.0. The summed E-state index contributed by atoms with van der Waals surface area (Å²) in [5, 5.41) is -4.13. The number of aliphatic hydroxyl groups is 1.